The van der Waals surface area contributed by atoms with Gasteiger partial charge in [0, 0.05) is 18.7 Å². The van der Waals surface area contributed by atoms with Gasteiger partial charge in [0.2, 0.25) is 0 Å². The molecule has 19 heavy (non-hydrogen) atoms. The lowest BCUT2D eigenvalue weighted by molar-refractivity contribution is -0.161. The van der Waals surface area contributed by atoms with Crippen molar-refractivity contribution in [2.45, 2.75) is 25.6 Å². The standard InChI is InChI=1S/C14H17N3O2/c1-11-3-4-12(9-15)13(16-11)17-6-2-5-14(10-17)18-7-8-19-14/h3-4H,2,5-8,10H2,1H3. The molecule has 0 atom stereocenters. The molecule has 5 nitrogen and oxygen atoms in total. The smallest absolute Gasteiger partial charge is 0.186 e. The minimum Gasteiger partial charge on any atom is -0.350 e. The first-order chi connectivity index (χ1) is 9.22. The molecule has 2 fully saturated rings. The highest BCUT2D eigenvalue weighted by Crippen LogP contribution is 2.32. The number of hydrogen-bond acceptors (Lipinski definition) is 5. The highest BCUT2D eigenvalue weighted by atomic mass is 16.7. The van der Waals surface area contributed by atoms with Crippen LogP contribution in [0.25, 0.3) is 0 Å². The van der Waals surface area contributed by atoms with Crippen LogP contribution in [0.3, 0.4) is 0 Å². The first kappa shape index (κ1) is 12.4. The predicted molar refractivity (Wildman–Crippen MR) is 69.8 cm³/mol. The molecule has 3 rings (SSSR count). The zero-order valence-electron chi connectivity index (χ0n) is 11.1. The molecule has 2 aliphatic heterocycles. The normalized spacial score (nSPS) is 21.6. The molecule has 0 N–H and O–H groups in total. The maximum absolute atomic E-state index is 9.22. The average molecular weight is 259 g/mol. The molecule has 0 radical (unpaired) electrons. The van der Waals surface area contributed by atoms with Gasteiger partial charge in [0.15, 0.2) is 5.79 Å². The molecule has 0 aromatic carbocycles. The van der Waals surface area contributed by atoms with E-state index >= 15 is 0 Å². The van der Waals surface area contributed by atoms with E-state index in [2.05, 4.69) is 16.0 Å². The Hall–Kier alpha value is -1.64. The van der Waals surface area contributed by atoms with E-state index in [1.807, 2.05) is 19.1 Å². The zero-order valence-corrected chi connectivity index (χ0v) is 11.1. The predicted octanol–water partition coefficient (Wildman–Crippen LogP) is 1.60. The topological polar surface area (TPSA) is 58.4 Å². The Morgan fingerprint density at radius 3 is 2.89 bits per heavy atom. The Bertz CT molecular complexity index is 518. The van der Waals surface area contributed by atoms with Gasteiger partial charge in [-0.05, 0) is 25.5 Å². The molecule has 0 unspecified atom stereocenters. The third-order valence-electron chi connectivity index (χ3n) is 3.67. The van der Waals surface area contributed by atoms with Gasteiger partial charge in [0.05, 0.1) is 25.3 Å². The molecule has 2 saturated heterocycles. The van der Waals surface area contributed by atoms with Gasteiger partial charge in [-0.15, -0.1) is 0 Å². The quantitative estimate of drug-likeness (QED) is 0.766. The van der Waals surface area contributed by atoms with Crippen LogP contribution >= 0.6 is 0 Å². The first-order valence-corrected chi connectivity index (χ1v) is 6.63. The Morgan fingerprint density at radius 1 is 1.37 bits per heavy atom. The average Bonchev–Trinajstić information content (AvgIpc) is 2.86. The molecule has 1 spiro atoms. The maximum atomic E-state index is 9.22. The summed E-state index contributed by atoms with van der Waals surface area (Å²) >= 11 is 0. The zero-order chi connectivity index (χ0) is 13.3. The number of rotatable bonds is 1. The Morgan fingerprint density at radius 2 is 2.16 bits per heavy atom. The second-order valence-electron chi connectivity index (χ2n) is 5.07. The highest BCUT2D eigenvalue weighted by molar-refractivity contribution is 5.54. The van der Waals surface area contributed by atoms with Crippen LogP contribution in [0.2, 0.25) is 0 Å². The highest BCUT2D eigenvalue weighted by Gasteiger charge is 2.41. The number of nitriles is 1. The van der Waals surface area contributed by atoms with Crippen LogP contribution in [0.5, 0.6) is 0 Å². The number of aryl methyl sites for hydroxylation is 1. The summed E-state index contributed by atoms with van der Waals surface area (Å²) in [5, 5.41) is 9.22. The lowest BCUT2D eigenvalue weighted by atomic mass is 10.0. The number of piperidine rings is 1. The van der Waals surface area contributed by atoms with Crippen molar-refractivity contribution in [2.24, 2.45) is 0 Å². The summed E-state index contributed by atoms with van der Waals surface area (Å²) in [6, 6.07) is 5.91. The van der Waals surface area contributed by atoms with Crippen molar-refractivity contribution >= 4 is 5.82 Å². The molecule has 1 aromatic rings. The second-order valence-corrected chi connectivity index (χ2v) is 5.07. The van der Waals surface area contributed by atoms with E-state index in [4.69, 9.17) is 9.47 Å². The fraction of sp³-hybridized carbons (Fsp3) is 0.571. The number of nitrogens with zero attached hydrogens (tertiary/aromatic N) is 3. The van der Waals surface area contributed by atoms with Crippen LogP contribution in [0.1, 0.15) is 24.1 Å². The Balaban J connectivity index is 1.89. The van der Waals surface area contributed by atoms with E-state index in [1.54, 1.807) is 0 Å². The number of ether oxygens (including phenoxy) is 2. The summed E-state index contributed by atoms with van der Waals surface area (Å²) in [6.45, 7) is 4.78. The summed E-state index contributed by atoms with van der Waals surface area (Å²) in [4.78, 5) is 6.63. The molecule has 0 bridgehead atoms. The summed E-state index contributed by atoms with van der Waals surface area (Å²) in [7, 11) is 0. The van der Waals surface area contributed by atoms with E-state index < -0.39 is 5.79 Å². The van der Waals surface area contributed by atoms with Crippen molar-refractivity contribution in [1.82, 2.24) is 4.98 Å². The van der Waals surface area contributed by atoms with Gasteiger partial charge in [-0.2, -0.15) is 5.26 Å². The third kappa shape index (κ3) is 2.29. The van der Waals surface area contributed by atoms with E-state index in [1.165, 1.54) is 0 Å². The maximum Gasteiger partial charge on any atom is 0.186 e. The van der Waals surface area contributed by atoms with E-state index in [-0.39, 0.29) is 0 Å². The number of hydrogen-bond donors (Lipinski definition) is 0. The molecular formula is C14H17N3O2. The first-order valence-electron chi connectivity index (χ1n) is 6.63. The van der Waals surface area contributed by atoms with Crippen molar-refractivity contribution in [1.29, 1.82) is 5.26 Å². The lowest BCUT2D eigenvalue weighted by Gasteiger charge is -2.39. The Labute approximate surface area is 112 Å². The van der Waals surface area contributed by atoms with Crippen molar-refractivity contribution < 1.29 is 9.47 Å². The van der Waals surface area contributed by atoms with Crippen molar-refractivity contribution in [3.05, 3.63) is 23.4 Å². The van der Waals surface area contributed by atoms with Crippen LogP contribution in [-0.2, 0) is 9.47 Å². The largest absolute Gasteiger partial charge is 0.350 e. The van der Waals surface area contributed by atoms with Crippen molar-refractivity contribution in [3.8, 4) is 6.07 Å². The van der Waals surface area contributed by atoms with Gasteiger partial charge >= 0.3 is 0 Å². The Kier molecular flexibility index (Phi) is 3.13. The van der Waals surface area contributed by atoms with Crippen LogP contribution < -0.4 is 4.90 Å². The van der Waals surface area contributed by atoms with Gasteiger partial charge in [-0.25, -0.2) is 4.98 Å². The number of pyridine rings is 1. The molecule has 100 valence electrons. The second kappa shape index (κ2) is 4.80. The molecule has 1 aromatic heterocycles. The van der Waals surface area contributed by atoms with E-state index in [0.717, 1.165) is 30.9 Å². The van der Waals surface area contributed by atoms with Crippen molar-refractivity contribution in [3.63, 3.8) is 0 Å². The van der Waals surface area contributed by atoms with Crippen molar-refractivity contribution in [2.75, 3.05) is 31.2 Å². The van der Waals surface area contributed by atoms with Gasteiger partial charge in [0.25, 0.3) is 0 Å². The molecule has 2 aliphatic rings. The van der Waals surface area contributed by atoms with Gasteiger partial charge in [-0.3, -0.25) is 0 Å². The molecule has 0 saturated carbocycles. The number of aromatic nitrogens is 1. The van der Waals surface area contributed by atoms with Gasteiger partial charge in [0.1, 0.15) is 11.9 Å². The number of anilines is 1. The van der Waals surface area contributed by atoms with Gasteiger partial charge in [-0.1, -0.05) is 0 Å². The molecular weight excluding hydrogens is 242 g/mol. The minimum absolute atomic E-state index is 0.490. The molecule has 0 amide bonds. The van der Waals surface area contributed by atoms with Crippen LogP contribution in [0.15, 0.2) is 12.1 Å². The molecule has 0 aliphatic carbocycles. The third-order valence-corrected chi connectivity index (χ3v) is 3.67. The van der Waals surface area contributed by atoms with Gasteiger partial charge < -0.3 is 14.4 Å². The summed E-state index contributed by atoms with van der Waals surface area (Å²) in [5.74, 6) is 0.261. The monoisotopic (exact) mass is 259 g/mol. The molecule has 3 heterocycles. The van der Waals surface area contributed by atoms with Crippen LogP contribution in [0, 0.1) is 18.3 Å². The fourth-order valence-corrected chi connectivity index (χ4v) is 2.77. The van der Waals surface area contributed by atoms with E-state index in [9.17, 15) is 5.26 Å². The summed E-state index contributed by atoms with van der Waals surface area (Å²) in [5.41, 5.74) is 1.53. The fourth-order valence-electron chi connectivity index (χ4n) is 2.77. The van der Waals surface area contributed by atoms with E-state index in [0.29, 0.717) is 25.3 Å². The molecule has 5 heteroatoms. The summed E-state index contributed by atoms with van der Waals surface area (Å²) < 4.78 is 11.5. The lowest BCUT2D eigenvalue weighted by Crippen LogP contribution is -2.49. The van der Waals surface area contributed by atoms with Crippen LogP contribution in [-0.4, -0.2) is 37.1 Å². The minimum atomic E-state index is -0.490. The SMILES string of the molecule is Cc1ccc(C#N)c(N2CCCC3(C2)OCCO3)n1. The summed E-state index contributed by atoms with van der Waals surface area (Å²) in [6.07, 6.45) is 1.90. The van der Waals surface area contributed by atoms with Crippen LogP contribution in [0.4, 0.5) is 5.82 Å².